The molecule has 1 unspecified atom stereocenters. The monoisotopic (exact) mass is 428 g/mol. The lowest BCUT2D eigenvalue weighted by molar-refractivity contribution is -0.139. The van der Waals surface area contributed by atoms with Crippen molar-refractivity contribution in [1.29, 1.82) is 0 Å². The first kappa shape index (κ1) is 21.7. The summed E-state index contributed by atoms with van der Waals surface area (Å²) >= 11 is 6.17. The average Bonchev–Trinajstić information content (AvgIpc) is 2.73. The van der Waals surface area contributed by atoms with Crippen molar-refractivity contribution in [3.8, 4) is 5.75 Å². The van der Waals surface area contributed by atoms with Crippen LogP contribution < -0.4 is 15.4 Å². The first-order valence-electron chi connectivity index (χ1n) is 9.85. The highest BCUT2D eigenvalue weighted by atomic mass is 35.5. The standard InChI is InChI=1S/C23H25ClN2O4/c1-4-29-22(27)19-20(14(2)3)25-23(28)26-21(19)15-9-11-17(12-10-15)30-13-16-7-5-6-8-18(16)24/h5-12,14,21H,4,13H2,1-3H3,(H2,25,26,28). The van der Waals surface area contributed by atoms with Gasteiger partial charge in [0.1, 0.15) is 12.4 Å². The molecule has 0 spiro atoms. The van der Waals surface area contributed by atoms with Gasteiger partial charge in [-0.05, 0) is 36.6 Å². The Hall–Kier alpha value is -2.99. The van der Waals surface area contributed by atoms with E-state index in [0.29, 0.717) is 28.6 Å². The van der Waals surface area contributed by atoms with Crippen molar-refractivity contribution >= 4 is 23.6 Å². The van der Waals surface area contributed by atoms with Crippen LogP contribution in [0.3, 0.4) is 0 Å². The van der Waals surface area contributed by atoms with Gasteiger partial charge in [0.05, 0.1) is 18.2 Å². The molecule has 1 heterocycles. The molecular weight excluding hydrogens is 404 g/mol. The van der Waals surface area contributed by atoms with Crippen LogP contribution in [0, 0.1) is 5.92 Å². The molecule has 0 aliphatic carbocycles. The third kappa shape index (κ3) is 4.94. The fourth-order valence-electron chi connectivity index (χ4n) is 3.26. The van der Waals surface area contributed by atoms with E-state index in [-0.39, 0.29) is 18.6 Å². The summed E-state index contributed by atoms with van der Waals surface area (Å²) in [6, 6.07) is 13.8. The maximum atomic E-state index is 12.7. The van der Waals surface area contributed by atoms with Crippen LogP contribution in [0.25, 0.3) is 0 Å². The predicted octanol–water partition coefficient (Wildman–Crippen LogP) is 4.75. The summed E-state index contributed by atoms with van der Waals surface area (Å²) in [5, 5.41) is 6.23. The van der Waals surface area contributed by atoms with Crippen LogP contribution >= 0.6 is 11.6 Å². The quantitative estimate of drug-likeness (QED) is 0.624. The van der Waals surface area contributed by atoms with Gasteiger partial charge in [-0.1, -0.05) is 55.8 Å². The summed E-state index contributed by atoms with van der Waals surface area (Å²) in [4.78, 5) is 24.9. The van der Waals surface area contributed by atoms with Crippen LogP contribution in [0.15, 0.2) is 59.8 Å². The molecule has 0 aromatic heterocycles. The molecule has 3 rings (SSSR count). The summed E-state index contributed by atoms with van der Waals surface area (Å²) in [6.45, 7) is 6.19. The zero-order valence-corrected chi connectivity index (χ0v) is 18.0. The summed E-state index contributed by atoms with van der Waals surface area (Å²) < 4.78 is 11.1. The number of nitrogens with one attached hydrogen (secondary N) is 2. The molecule has 0 radical (unpaired) electrons. The van der Waals surface area contributed by atoms with Crippen LogP contribution in [-0.4, -0.2) is 18.6 Å². The third-order valence-electron chi connectivity index (χ3n) is 4.74. The Labute approximate surface area is 181 Å². The van der Waals surface area contributed by atoms with Gasteiger partial charge in [-0.2, -0.15) is 0 Å². The van der Waals surface area contributed by atoms with Crippen LogP contribution in [0.1, 0.15) is 37.9 Å². The van der Waals surface area contributed by atoms with Gasteiger partial charge in [0.25, 0.3) is 0 Å². The molecule has 1 aliphatic rings. The smallest absolute Gasteiger partial charge is 0.338 e. The maximum absolute atomic E-state index is 12.7. The summed E-state index contributed by atoms with van der Waals surface area (Å²) in [7, 11) is 0. The molecule has 7 heteroatoms. The van der Waals surface area contributed by atoms with E-state index in [4.69, 9.17) is 21.1 Å². The number of esters is 1. The lowest BCUT2D eigenvalue weighted by Crippen LogP contribution is -2.47. The predicted molar refractivity (Wildman–Crippen MR) is 115 cm³/mol. The molecule has 30 heavy (non-hydrogen) atoms. The molecule has 1 atom stereocenters. The van der Waals surface area contributed by atoms with Gasteiger partial charge >= 0.3 is 12.0 Å². The number of benzene rings is 2. The second-order valence-corrected chi connectivity index (χ2v) is 7.59. The van der Waals surface area contributed by atoms with E-state index >= 15 is 0 Å². The Bertz CT molecular complexity index is 954. The van der Waals surface area contributed by atoms with Crippen LogP contribution in [-0.2, 0) is 16.1 Å². The van der Waals surface area contributed by atoms with E-state index in [1.54, 1.807) is 19.1 Å². The van der Waals surface area contributed by atoms with E-state index in [1.807, 2.05) is 50.2 Å². The van der Waals surface area contributed by atoms with Gasteiger partial charge in [-0.15, -0.1) is 0 Å². The number of amides is 2. The van der Waals surface area contributed by atoms with Crippen molar-refractivity contribution in [3.63, 3.8) is 0 Å². The average molecular weight is 429 g/mol. The molecule has 0 saturated carbocycles. The number of urea groups is 1. The lowest BCUT2D eigenvalue weighted by atomic mass is 9.91. The second-order valence-electron chi connectivity index (χ2n) is 7.18. The number of carbonyl (C=O) groups excluding carboxylic acids is 2. The number of rotatable bonds is 7. The molecule has 2 N–H and O–H groups in total. The number of hydrogen-bond donors (Lipinski definition) is 2. The normalized spacial score (nSPS) is 16.2. The van der Waals surface area contributed by atoms with E-state index in [2.05, 4.69) is 10.6 Å². The highest BCUT2D eigenvalue weighted by Gasteiger charge is 2.34. The van der Waals surface area contributed by atoms with Gasteiger partial charge in [-0.3, -0.25) is 0 Å². The Morgan fingerprint density at radius 2 is 1.83 bits per heavy atom. The van der Waals surface area contributed by atoms with Crippen molar-refractivity contribution < 1.29 is 19.1 Å². The summed E-state index contributed by atoms with van der Waals surface area (Å²) in [6.07, 6.45) is 0. The van der Waals surface area contributed by atoms with Crippen molar-refractivity contribution in [2.45, 2.75) is 33.4 Å². The minimum absolute atomic E-state index is 0.0452. The number of hydrogen-bond acceptors (Lipinski definition) is 4. The second kappa shape index (κ2) is 9.67. The zero-order valence-electron chi connectivity index (χ0n) is 17.2. The molecule has 6 nitrogen and oxygen atoms in total. The van der Waals surface area contributed by atoms with Gasteiger partial charge in [0, 0.05) is 16.3 Å². The van der Waals surface area contributed by atoms with Crippen molar-refractivity contribution in [2.24, 2.45) is 5.92 Å². The number of carbonyl (C=O) groups is 2. The topological polar surface area (TPSA) is 76.7 Å². The molecule has 1 aliphatic heterocycles. The Morgan fingerprint density at radius 1 is 1.13 bits per heavy atom. The molecular formula is C23H25ClN2O4. The minimum atomic E-state index is -0.604. The lowest BCUT2D eigenvalue weighted by Gasteiger charge is -2.31. The Balaban J connectivity index is 1.84. The summed E-state index contributed by atoms with van der Waals surface area (Å²) in [5.41, 5.74) is 2.64. The molecule has 0 saturated heterocycles. The van der Waals surface area contributed by atoms with Crippen LogP contribution in [0.2, 0.25) is 5.02 Å². The molecule has 0 bridgehead atoms. The van der Waals surface area contributed by atoms with Crippen LogP contribution in [0.5, 0.6) is 5.75 Å². The van der Waals surface area contributed by atoms with Gasteiger partial charge < -0.3 is 20.1 Å². The molecule has 2 aromatic carbocycles. The molecule has 2 amide bonds. The highest BCUT2D eigenvalue weighted by molar-refractivity contribution is 6.31. The summed E-state index contributed by atoms with van der Waals surface area (Å²) in [5.74, 6) is 0.165. The molecule has 0 fully saturated rings. The Kier molecular flexibility index (Phi) is 7.00. The van der Waals surface area contributed by atoms with Gasteiger partial charge in [-0.25, -0.2) is 9.59 Å². The maximum Gasteiger partial charge on any atom is 0.338 e. The largest absolute Gasteiger partial charge is 0.489 e. The van der Waals surface area contributed by atoms with Gasteiger partial charge in [0.2, 0.25) is 0 Å². The molecule has 158 valence electrons. The number of ether oxygens (including phenoxy) is 2. The first-order valence-corrected chi connectivity index (χ1v) is 10.2. The highest BCUT2D eigenvalue weighted by Crippen LogP contribution is 2.31. The SMILES string of the molecule is CCOC(=O)C1=C(C(C)C)NC(=O)NC1c1ccc(OCc2ccccc2Cl)cc1. The first-order chi connectivity index (χ1) is 14.4. The van der Waals surface area contributed by atoms with E-state index in [9.17, 15) is 9.59 Å². The number of halogens is 1. The van der Waals surface area contributed by atoms with Crippen LogP contribution in [0.4, 0.5) is 4.79 Å². The minimum Gasteiger partial charge on any atom is -0.489 e. The van der Waals surface area contributed by atoms with E-state index in [0.717, 1.165) is 11.1 Å². The number of allylic oxidation sites excluding steroid dienone is 1. The fraction of sp³-hybridized carbons (Fsp3) is 0.304. The van der Waals surface area contributed by atoms with Crippen molar-refractivity contribution in [2.75, 3.05) is 6.61 Å². The third-order valence-corrected chi connectivity index (χ3v) is 5.11. The van der Waals surface area contributed by atoms with Crippen molar-refractivity contribution in [1.82, 2.24) is 10.6 Å². The van der Waals surface area contributed by atoms with Gasteiger partial charge in [0.15, 0.2) is 0 Å². The van der Waals surface area contributed by atoms with E-state index < -0.39 is 12.0 Å². The Morgan fingerprint density at radius 3 is 2.47 bits per heavy atom. The zero-order chi connectivity index (χ0) is 21.7. The van der Waals surface area contributed by atoms with Crippen molar-refractivity contribution in [3.05, 3.63) is 76.0 Å². The molecule has 2 aromatic rings. The fourth-order valence-corrected chi connectivity index (χ4v) is 3.45. The van der Waals surface area contributed by atoms with E-state index in [1.165, 1.54) is 0 Å².